The number of nitrogens with one attached hydrogen (secondary N) is 1. The van der Waals surface area contributed by atoms with Crippen LogP contribution >= 0.6 is 11.6 Å². The molecule has 1 nitrogen and oxygen atoms in total. The molecule has 1 atom stereocenters. The molecular weight excluding hydrogens is 266 g/mol. The van der Waals surface area contributed by atoms with E-state index in [9.17, 15) is 0 Å². The maximum Gasteiger partial charge on any atom is 0.0406 e. The summed E-state index contributed by atoms with van der Waals surface area (Å²) in [7, 11) is 0. The number of hydrogen-bond acceptors (Lipinski definition) is 1. The minimum atomic E-state index is 0.426. The standard InChI is InChI=1S/C18H26ClN/c1-14(15-4-6-16(19)7-5-15)20-17-8-12-18(13-9-17)10-2-3-11-18/h4-7,14,17,20H,2-3,8-13H2,1H3/t14-/m1/s1. The lowest BCUT2D eigenvalue weighted by molar-refractivity contribution is 0.164. The molecule has 2 fully saturated rings. The Morgan fingerprint density at radius 3 is 2.25 bits per heavy atom. The zero-order chi connectivity index (χ0) is 14.0. The molecule has 20 heavy (non-hydrogen) atoms. The van der Waals surface area contributed by atoms with Gasteiger partial charge in [0, 0.05) is 17.1 Å². The molecule has 2 aliphatic rings. The van der Waals surface area contributed by atoms with Gasteiger partial charge in [0.1, 0.15) is 0 Å². The third-order valence-corrected chi connectivity index (χ3v) is 5.82. The van der Waals surface area contributed by atoms with Crippen LogP contribution in [0, 0.1) is 5.41 Å². The normalized spacial score (nSPS) is 24.1. The van der Waals surface area contributed by atoms with Crippen molar-refractivity contribution in [3.8, 4) is 0 Å². The molecule has 2 aliphatic carbocycles. The molecule has 1 spiro atoms. The number of hydrogen-bond donors (Lipinski definition) is 1. The molecule has 0 saturated heterocycles. The first-order valence-corrected chi connectivity index (χ1v) is 8.56. The van der Waals surface area contributed by atoms with Gasteiger partial charge in [-0.3, -0.25) is 0 Å². The molecule has 0 aliphatic heterocycles. The summed E-state index contributed by atoms with van der Waals surface area (Å²) in [5.41, 5.74) is 2.08. The van der Waals surface area contributed by atoms with Crippen LogP contribution in [0.25, 0.3) is 0 Å². The Bertz CT molecular complexity index is 423. The van der Waals surface area contributed by atoms with Crippen LogP contribution < -0.4 is 5.32 Å². The summed E-state index contributed by atoms with van der Waals surface area (Å²) in [4.78, 5) is 0. The molecule has 3 rings (SSSR count). The Morgan fingerprint density at radius 2 is 1.65 bits per heavy atom. The molecule has 0 heterocycles. The highest BCUT2D eigenvalue weighted by molar-refractivity contribution is 6.30. The summed E-state index contributed by atoms with van der Waals surface area (Å²) in [5, 5.41) is 4.64. The average Bonchev–Trinajstić information content (AvgIpc) is 2.91. The SMILES string of the molecule is C[C@@H](NC1CCC2(CCCC2)CC1)c1ccc(Cl)cc1. The van der Waals surface area contributed by atoms with Gasteiger partial charge >= 0.3 is 0 Å². The van der Waals surface area contributed by atoms with Gasteiger partial charge in [0.2, 0.25) is 0 Å². The quantitative estimate of drug-likeness (QED) is 0.776. The van der Waals surface area contributed by atoms with E-state index in [1.807, 2.05) is 12.1 Å². The monoisotopic (exact) mass is 291 g/mol. The van der Waals surface area contributed by atoms with E-state index in [-0.39, 0.29) is 0 Å². The summed E-state index contributed by atoms with van der Waals surface area (Å²) in [6.07, 6.45) is 11.5. The molecule has 110 valence electrons. The van der Waals surface area contributed by atoms with Crippen molar-refractivity contribution in [2.75, 3.05) is 0 Å². The Hall–Kier alpha value is -0.530. The minimum absolute atomic E-state index is 0.426. The van der Waals surface area contributed by atoms with Gasteiger partial charge in [0.25, 0.3) is 0 Å². The van der Waals surface area contributed by atoms with E-state index in [1.165, 1.54) is 56.9 Å². The first-order valence-electron chi connectivity index (χ1n) is 8.18. The van der Waals surface area contributed by atoms with Crippen LogP contribution in [0.2, 0.25) is 5.02 Å². The topological polar surface area (TPSA) is 12.0 Å². The van der Waals surface area contributed by atoms with Gasteiger partial charge in [-0.15, -0.1) is 0 Å². The molecule has 0 unspecified atom stereocenters. The lowest BCUT2D eigenvalue weighted by atomic mass is 9.71. The van der Waals surface area contributed by atoms with Crippen molar-refractivity contribution >= 4 is 11.6 Å². The van der Waals surface area contributed by atoms with Crippen molar-refractivity contribution < 1.29 is 0 Å². The summed E-state index contributed by atoms with van der Waals surface area (Å²) >= 11 is 5.96. The number of halogens is 1. The van der Waals surface area contributed by atoms with Crippen LogP contribution in [0.4, 0.5) is 0 Å². The van der Waals surface area contributed by atoms with E-state index < -0.39 is 0 Å². The Labute approximate surface area is 128 Å². The molecular formula is C18H26ClN. The first kappa shape index (κ1) is 14.4. The highest BCUT2D eigenvalue weighted by atomic mass is 35.5. The second kappa shape index (κ2) is 6.07. The van der Waals surface area contributed by atoms with Gasteiger partial charge in [-0.1, -0.05) is 36.6 Å². The average molecular weight is 292 g/mol. The molecule has 2 heteroatoms. The molecule has 1 aromatic rings. The maximum atomic E-state index is 5.96. The van der Waals surface area contributed by atoms with Crippen LogP contribution in [0.15, 0.2) is 24.3 Å². The Balaban J connectivity index is 1.52. The van der Waals surface area contributed by atoms with E-state index in [4.69, 9.17) is 11.6 Å². The molecule has 1 N–H and O–H groups in total. The second-order valence-electron chi connectivity index (χ2n) is 6.92. The third-order valence-electron chi connectivity index (χ3n) is 5.57. The van der Waals surface area contributed by atoms with Crippen LogP contribution in [0.5, 0.6) is 0 Å². The van der Waals surface area contributed by atoms with Crippen molar-refractivity contribution in [3.63, 3.8) is 0 Å². The lowest BCUT2D eigenvalue weighted by Crippen LogP contribution is -2.37. The molecule has 0 bridgehead atoms. The molecule has 0 radical (unpaired) electrons. The van der Waals surface area contributed by atoms with Crippen molar-refractivity contribution in [1.82, 2.24) is 5.32 Å². The zero-order valence-corrected chi connectivity index (χ0v) is 13.3. The van der Waals surface area contributed by atoms with Gasteiger partial charge in [0.05, 0.1) is 0 Å². The molecule has 1 aromatic carbocycles. The summed E-state index contributed by atoms with van der Waals surface area (Å²) in [6.45, 7) is 2.27. The predicted molar refractivity (Wildman–Crippen MR) is 86.2 cm³/mol. The van der Waals surface area contributed by atoms with Crippen LogP contribution in [-0.2, 0) is 0 Å². The van der Waals surface area contributed by atoms with Gasteiger partial charge in [-0.2, -0.15) is 0 Å². The Morgan fingerprint density at radius 1 is 1.05 bits per heavy atom. The van der Waals surface area contributed by atoms with Gasteiger partial charge in [-0.05, 0) is 68.6 Å². The molecule has 2 saturated carbocycles. The maximum absolute atomic E-state index is 5.96. The van der Waals surface area contributed by atoms with Crippen LogP contribution in [0.3, 0.4) is 0 Å². The number of rotatable bonds is 3. The van der Waals surface area contributed by atoms with Crippen molar-refractivity contribution in [3.05, 3.63) is 34.9 Å². The summed E-state index contributed by atoms with van der Waals surface area (Å²) in [6, 6.07) is 9.39. The number of benzene rings is 1. The molecule has 0 amide bonds. The van der Waals surface area contributed by atoms with Gasteiger partial charge < -0.3 is 5.32 Å². The highest BCUT2D eigenvalue weighted by Crippen LogP contribution is 2.49. The van der Waals surface area contributed by atoms with Crippen molar-refractivity contribution in [1.29, 1.82) is 0 Å². The van der Waals surface area contributed by atoms with Gasteiger partial charge in [0.15, 0.2) is 0 Å². The zero-order valence-electron chi connectivity index (χ0n) is 12.5. The van der Waals surface area contributed by atoms with E-state index in [0.29, 0.717) is 12.1 Å². The fourth-order valence-electron chi connectivity index (χ4n) is 4.22. The predicted octanol–water partition coefficient (Wildman–Crippen LogP) is 5.49. The van der Waals surface area contributed by atoms with E-state index in [0.717, 1.165) is 10.4 Å². The van der Waals surface area contributed by atoms with E-state index in [2.05, 4.69) is 24.4 Å². The fourth-order valence-corrected chi connectivity index (χ4v) is 4.35. The molecule has 0 aromatic heterocycles. The smallest absolute Gasteiger partial charge is 0.0406 e. The lowest BCUT2D eigenvalue weighted by Gasteiger charge is -2.38. The van der Waals surface area contributed by atoms with Crippen molar-refractivity contribution in [2.45, 2.75) is 70.4 Å². The third kappa shape index (κ3) is 3.20. The first-order chi connectivity index (χ1) is 9.67. The van der Waals surface area contributed by atoms with Crippen LogP contribution in [0.1, 0.15) is 69.9 Å². The Kier molecular flexibility index (Phi) is 4.37. The highest BCUT2D eigenvalue weighted by Gasteiger charge is 2.37. The van der Waals surface area contributed by atoms with E-state index in [1.54, 1.807) is 0 Å². The van der Waals surface area contributed by atoms with Crippen molar-refractivity contribution in [2.24, 2.45) is 5.41 Å². The summed E-state index contributed by atoms with van der Waals surface area (Å²) < 4.78 is 0. The van der Waals surface area contributed by atoms with E-state index >= 15 is 0 Å². The minimum Gasteiger partial charge on any atom is -0.307 e. The van der Waals surface area contributed by atoms with Gasteiger partial charge in [-0.25, -0.2) is 0 Å². The van der Waals surface area contributed by atoms with Crippen LogP contribution in [-0.4, -0.2) is 6.04 Å². The second-order valence-corrected chi connectivity index (χ2v) is 7.36. The largest absolute Gasteiger partial charge is 0.307 e. The summed E-state index contributed by atoms with van der Waals surface area (Å²) in [5.74, 6) is 0. The fraction of sp³-hybridized carbons (Fsp3) is 0.667.